The lowest BCUT2D eigenvalue weighted by molar-refractivity contribution is -0.0190. The number of benzene rings is 3. The van der Waals surface area contributed by atoms with E-state index < -0.39 is 11.6 Å². The van der Waals surface area contributed by atoms with Gasteiger partial charge in [-0.05, 0) is 72.9 Å². The summed E-state index contributed by atoms with van der Waals surface area (Å²) in [5.74, 6) is -1.28. The maximum absolute atomic E-state index is 14.5. The summed E-state index contributed by atoms with van der Waals surface area (Å²) in [6, 6.07) is 18.9. The number of ether oxygens (including phenoxy) is 2. The van der Waals surface area contributed by atoms with Crippen molar-refractivity contribution in [3.05, 3.63) is 90.5 Å². The second-order valence-electron chi connectivity index (χ2n) is 8.50. The number of rotatable bonds is 8. The molecule has 2 nitrogen and oxygen atoms in total. The fraction of sp³-hybridized carbons (Fsp3) is 0.310. The van der Waals surface area contributed by atoms with Crippen molar-refractivity contribution in [2.45, 2.75) is 38.7 Å². The average molecular weight is 449 g/mol. The summed E-state index contributed by atoms with van der Waals surface area (Å²) in [4.78, 5) is 0. The molecule has 3 aromatic rings. The van der Waals surface area contributed by atoms with Crippen molar-refractivity contribution < 1.29 is 18.3 Å². The summed E-state index contributed by atoms with van der Waals surface area (Å²) >= 11 is 0. The molecule has 172 valence electrons. The fourth-order valence-electron chi connectivity index (χ4n) is 4.40. The number of hydrogen-bond donors (Lipinski definition) is 0. The summed E-state index contributed by atoms with van der Waals surface area (Å²) < 4.78 is 40.0. The number of hydrogen-bond acceptors (Lipinski definition) is 2. The minimum absolute atomic E-state index is 0.0651. The van der Waals surface area contributed by atoms with Crippen LogP contribution < -0.4 is 4.74 Å². The van der Waals surface area contributed by atoms with Crippen LogP contribution in [0, 0.1) is 17.6 Å². The van der Waals surface area contributed by atoms with Gasteiger partial charge in [0.15, 0.2) is 11.6 Å². The monoisotopic (exact) mass is 448 g/mol. The van der Waals surface area contributed by atoms with E-state index in [2.05, 4.69) is 30.8 Å². The van der Waals surface area contributed by atoms with Crippen molar-refractivity contribution in [1.29, 1.82) is 0 Å². The quantitative estimate of drug-likeness (QED) is 0.324. The minimum atomic E-state index is -0.953. The highest BCUT2D eigenvalue weighted by Crippen LogP contribution is 2.34. The maximum atomic E-state index is 14.5. The summed E-state index contributed by atoms with van der Waals surface area (Å²) in [6.45, 7) is 6.63. The van der Waals surface area contributed by atoms with E-state index in [-0.39, 0.29) is 24.0 Å². The van der Waals surface area contributed by atoms with E-state index in [1.807, 2.05) is 30.3 Å². The first kappa shape index (κ1) is 23.2. The van der Waals surface area contributed by atoms with Gasteiger partial charge in [0.2, 0.25) is 5.82 Å². The number of allylic oxidation sites excluding steroid dienone is 1. The third-order valence-electron chi connectivity index (χ3n) is 6.31. The van der Waals surface area contributed by atoms with E-state index in [1.165, 1.54) is 18.1 Å². The van der Waals surface area contributed by atoms with Crippen molar-refractivity contribution in [1.82, 2.24) is 0 Å². The lowest BCUT2D eigenvalue weighted by Gasteiger charge is -2.29. The summed E-state index contributed by atoms with van der Waals surface area (Å²) in [5, 5.41) is 0. The minimum Gasteiger partial charge on any atom is -0.491 e. The Balaban J connectivity index is 1.44. The second-order valence-corrected chi connectivity index (χ2v) is 8.50. The van der Waals surface area contributed by atoms with Gasteiger partial charge in [0, 0.05) is 5.56 Å². The van der Waals surface area contributed by atoms with Gasteiger partial charge in [-0.2, -0.15) is 4.39 Å². The highest BCUT2D eigenvalue weighted by Gasteiger charge is 2.22. The lowest BCUT2D eigenvalue weighted by atomic mass is 9.91. The Morgan fingerprint density at radius 2 is 1.58 bits per heavy atom. The third kappa shape index (κ3) is 5.33. The predicted octanol–water partition coefficient (Wildman–Crippen LogP) is 8.13. The fourth-order valence-corrected chi connectivity index (χ4v) is 4.40. The van der Waals surface area contributed by atoms with Crippen molar-refractivity contribution >= 4 is 0 Å². The number of halogens is 2. The Morgan fingerprint density at radius 1 is 0.909 bits per heavy atom. The highest BCUT2D eigenvalue weighted by atomic mass is 19.2. The Labute approximate surface area is 194 Å². The average Bonchev–Trinajstić information content (AvgIpc) is 2.86. The van der Waals surface area contributed by atoms with Crippen molar-refractivity contribution in [3.63, 3.8) is 0 Å². The molecule has 4 heteroatoms. The highest BCUT2D eigenvalue weighted by molar-refractivity contribution is 5.71. The van der Waals surface area contributed by atoms with Crippen LogP contribution in [0.15, 0.2) is 73.3 Å². The molecule has 1 heterocycles. The van der Waals surface area contributed by atoms with Crippen LogP contribution in [-0.4, -0.2) is 13.2 Å². The Hall–Kier alpha value is -2.98. The van der Waals surface area contributed by atoms with Crippen molar-refractivity contribution in [3.8, 4) is 28.0 Å². The molecule has 0 amide bonds. The molecule has 0 N–H and O–H groups in total. The standard InChI is InChI=1S/C29H30F2O2/c1-3-5-6-20-7-17-26(33-19-20)24-14-10-22(11-15-24)21-8-12-23(13-9-21)25-16-18-27(32-4-2)29(31)28(25)30/h3,8-16,18,20,26H,1,4-7,17,19H2,2H3. The Bertz CT molecular complexity index is 1070. The molecule has 0 spiro atoms. The van der Waals surface area contributed by atoms with Crippen LogP contribution >= 0.6 is 0 Å². The molecule has 33 heavy (non-hydrogen) atoms. The van der Waals surface area contributed by atoms with Crippen LogP contribution in [0.1, 0.15) is 44.3 Å². The van der Waals surface area contributed by atoms with Crippen LogP contribution in [0.4, 0.5) is 8.78 Å². The van der Waals surface area contributed by atoms with Gasteiger partial charge in [-0.15, -0.1) is 6.58 Å². The molecular weight excluding hydrogens is 418 g/mol. The van der Waals surface area contributed by atoms with Crippen LogP contribution in [0.2, 0.25) is 0 Å². The summed E-state index contributed by atoms with van der Waals surface area (Å²) in [5.41, 5.74) is 4.13. The molecule has 1 fully saturated rings. The zero-order valence-electron chi connectivity index (χ0n) is 19.0. The summed E-state index contributed by atoms with van der Waals surface area (Å²) in [7, 11) is 0. The molecule has 2 atom stereocenters. The Morgan fingerprint density at radius 3 is 2.18 bits per heavy atom. The molecule has 0 aliphatic carbocycles. The van der Waals surface area contributed by atoms with E-state index in [9.17, 15) is 8.78 Å². The van der Waals surface area contributed by atoms with Gasteiger partial charge in [-0.1, -0.05) is 54.6 Å². The Kier molecular flexibility index (Phi) is 7.56. The maximum Gasteiger partial charge on any atom is 0.201 e. The van der Waals surface area contributed by atoms with E-state index in [0.29, 0.717) is 11.5 Å². The molecular formula is C29H30F2O2. The summed E-state index contributed by atoms with van der Waals surface area (Å²) in [6.07, 6.45) is 6.55. The van der Waals surface area contributed by atoms with Crippen LogP contribution in [0.25, 0.3) is 22.3 Å². The zero-order chi connectivity index (χ0) is 23.2. The van der Waals surface area contributed by atoms with Crippen LogP contribution in [0.5, 0.6) is 5.75 Å². The van der Waals surface area contributed by atoms with E-state index in [4.69, 9.17) is 9.47 Å². The first-order valence-electron chi connectivity index (χ1n) is 11.6. The van der Waals surface area contributed by atoms with Gasteiger partial charge in [0.1, 0.15) is 0 Å². The molecule has 1 aliphatic heterocycles. The molecule has 0 aromatic heterocycles. The molecule has 2 unspecified atom stereocenters. The van der Waals surface area contributed by atoms with Crippen LogP contribution in [0.3, 0.4) is 0 Å². The first-order valence-corrected chi connectivity index (χ1v) is 11.6. The SMILES string of the molecule is C=CCCC1CCC(c2ccc(-c3ccc(-c4ccc(OCC)c(F)c4F)cc3)cc2)OC1. The van der Waals surface area contributed by atoms with Gasteiger partial charge in [0.25, 0.3) is 0 Å². The molecule has 1 saturated heterocycles. The molecule has 0 bridgehead atoms. The first-order chi connectivity index (χ1) is 16.1. The van der Waals surface area contributed by atoms with E-state index in [1.54, 1.807) is 13.0 Å². The third-order valence-corrected chi connectivity index (χ3v) is 6.31. The van der Waals surface area contributed by atoms with Crippen molar-refractivity contribution in [2.24, 2.45) is 5.92 Å². The largest absolute Gasteiger partial charge is 0.491 e. The topological polar surface area (TPSA) is 18.5 Å². The molecule has 1 aliphatic rings. The van der Waals surface area contributed by atoms with Crippen molar-refractivity contribution in [2.75, 3.05) is 13.2 Å². The molecule has 4 rings (SSSR count). The van der Waals surface area contributed by atoms with Gasteiger partial charge in [-0.25, -0.2) is 4.39 Å². The van der Waals surface area contributed by atoms with E-state index >= 15 is 0 Å². The lowest BCUT2D eigenvalue weighted by Crippen LogP contribution is -2.20. The van der Waals surface area contributed by atoms with Crippen LogP contribution in [-0.2, 0) is 4.74 Å². The predicted molar refractivity (Wildman–Crippen MR) is 129 cm³/mol. The normalized spacial score (nSPS) is 18.2. The molecule has 0 saturated carbocycles. The second kappa shape index (κ2) is 10.8. The van der Waals surface area contributed by atoms with Gasteiger partial charge < -0.3 is 9.47 Å². The van der Waals surface area contributed by atoms with Gasteiger partial charge >= 0.3 is 0 Å². The van der Waals surface area contributed by atoms with Gasteiger partial charge in [0.05, 0.1) is 19.3 Å². The molecule has 0 radical (unpaired) electrons. The smallest absolute Gasteiger partial charge is 0.201 e. The molecule has 3 aromatic carbocycles. The van der Waals surface area contributed by atoms with Gasteiger partial charge in [-0.3, -0.25) is 0 Å². The zero-order valence-corrected chi connectivity index (χ0v) is 19.0. The van der Waals surface area contributed by atoms with E-state index in [0.717, 1.165) is 37.0 Å².